The maximum atomic E-state index is 12.7. The first kappa shape index (κ1) is 25.7. The van der Waals surface area contributed by atoms with E-state index >= 15 is 0 Å². The fraction of sp³-hybridized carbons (Fsp3) is 0.100. The largest absolute Gasteiger partial charge is 0.489 e. The van der Waals surface area contributed by atoms with Gasteiger partial charge in [-0.25, -0.2) is 5.43 Å². The van der Waals surface area contributed by atoms with Gasteiger partial charge < -0.3 is 10.1 Å². The highest BCUT2D eigenvalue weighted by Gasteiger charge is 2.19. The summed E-state index contributed by atoms with van der Waals surface area (Å²) >= 11 is 6.16. The molecule has 0 radical (unpaired) electrons. The molecule has 0 unspecified atom stereocenters. The van der Waals surface area contributed by atoms with Gasteiger partial charge in [-0.1, -0.05) is 78.3 Å². The molecule has 0 aliphatic heterocycles. The molecule has 2 amide bonds. The molecule has 0 aliphatic rings. The van der Waals surface area contributed by atoms with Crippen LogP contribution in [0.2, 0.25) is 5.02 Å². The Labute approximate surface area is 220 Å². The summed E-state index contributed by atoms with van der Waals surface area (Å²) in [4.78, 5) is 25.3. The minimum atomic E-state index is -0.501. The zero-order valence-corrected chi connectivity index (χ0v) is 20.8. The first-order valence-electron chi connectivity index (χ1n) is 11.8. The maximum absolute atomic E-state index is 12.7. The Bertz CT molecular complexity index is 1340. The average molecular weight is 512 g/mol. The number of amides is 2. The Hall–Kier alpha value is -4.42. The fourth-order valence-corrected chi connectivity index (χ4v) is 3.80. The van der Waals surface area contributed by atoms with Gasteiger partial charge in [0.25, 0.3) is 5.91 Å². The van der Waals surface area contributed by atoms with Gasteiger partial charge in [-0.15, -0.1) is 0 Å². The molecule has 0 aliphatic carbocycles. The second-order valence-electron chi connectivity index (χ2n) is 8.25. The highest BCUT2D eigenvalue weighted by Crippen LogP contribution is 2.19. The van der Waals surface area contributed by atoms with E-state index in [0.29, 0.717) is 22.9 Å². The molecule has 1 atom stereocenters. The molecule has 4 aromatic rings. The topological polar surface area (TPSA) is 79.8 Å². The van der Waals surface area contributed by atoms with E-state index in [2.05, 4.69) is 15.8 Å². The van der Waals surface area contributed by atoms with E-state index in [-0.39, 0.29) is 18.2 Å². The third-order valence-corrected chi connectivity index (χ3v) is 5.94. The number of halogens is 1. The lowest BCUT2D eigenvalue weighted by molar-refractivity contribution is -0.121. The fourth-order valence-electron chi connectivity index (χ4n) is 3.61. The second-order valence-corrected chi connectivity index (χ2v) is 8.66. The third-order valence-electron chi connectivity index (χ3n) is 5.57. The number of carbonyl (C=O) groups excluding carboxylic acids is 2. The summed E-state index contributed by atoms with van der Waals surface area (Å²) in [6.07, 6.45) is 1.59. The summed E-state index contributed by atoms with van der Waals surface area (Å²) in [5.74, 6) is 0.127. The van der Waals surface area contributed by atoms with Crippen LogP contribution in [0.15, 0.2) is 114 Å². The van der Waals surface area contributed by atoms with E-state index in [9.17, 15) is 9.59 Å². The van der Waals surface area contributed by atoms with Crippen molar-refractivity contribution in [3.63, 3.8) is 0 Å². The minimum Gasteiger partial charge on any atom is -0.489 e. The monoisotopic (exact) mass is 511 g/mol. The number of hydrazone groups is 1. The number of hydrogen-bond acceptors (Lipinski definition) is 4. The van der Waals surface area contributed by atoms with Gasteiger partial charge in [-0.3, -0.25) is 9.59 Å². The smallest absolute Gasteiger partial charge is 0.251 e. The van der Waals surface area contributed by atoms with E-state index in [0.717, 1.165) is 16.7 Å². The maximum Gasteiger partial charge on any atom is 0.251 e. The van der Waals surface area contributed by atoms with E-state index in [1.165, 1.54) is 0 Å². The lowest BCUT2D eigenvalue weighted by Crippen LogP contribution is -2.32. The van der Waals surface area contributed by atoms with E-state index in [4.69, 9.17) is 16.3 Å². The molecule has 0 bridgehead atoms. The Morgan fingerprint density at radius 1 is 0.838 bits per heavy atom. The van der Waals surface area contributed by atoms with Crippen molar-refractivity contribution >= 4 is 29.6 Å². The number of nitrogens with one attached hydrogen (secondary N) is 2. The predicted molar refractivity (Wildman–Crippen MR) is 146 cm³/mol. The van der Waals surface area contributed by atoms with Crippen molar-refractivity contribution in [3.05, 3.63) is 136 Å². The van der Waals surface area contributed by atoms with Crippen LogP contribution in [0.25, 0.3) is 0 Å². The molecule has 7 heteroatoms. The highest BCUT2D eigenvalue weighted by atomic mass is 35.5. The highest BCUT2D eigenvalue weighted by molar-refractivity contribution is 6.31. The van der Waals surface area contributed by atoms with Gasteiger partial charge in [0, 0.05) is 16.1 Å². The van der Waals surface area contributed by atoms with Crippen LogP contribution in [0.4, 0.5) is 0 Å². The van der Waals surface area contributed by atoms with Crippen molar-refractivity contribution in [1.82, 2.24) is 10.7 Å². The standard InChI is InChI=1S/C30H26ClN3O3/c31-27-14-8-7-13-25(27)21-37-26-17-15-22(16-18-26)20-32-34-29(35)19-28(23-9-3-1-4-10-23)33-30(36)24-11-5-2-6-12-24/h1-18,20,28H,19,21H2,(H,33,36)(H,34,35)/b32-20-/t28-/m1/s1. The van der Waals surface area contributed by atoms with Crippen LogP contribution in [0, 0.1) is 0 Å². The van der Waals surface area contributed by atoms with Gasteiger partial charge in [0.2, 0.25) is 5.91 Å². The molecule has 186 valence electrons. The van der Waals surface area contributed by atoms with Crippen molar-refractivity contribution in [2.45, 2.75) is 19.1 Å². The lowest BCUT2D eigenvalue weighted by Gasteiger charge is -2.18. The van der Waals surface area contributed by atoms with Crippen LogP contribution >= 0.6 is 11.6 Å². The summed E-state index contributed by atoms with van der Waals surface area (Å²) in [7, 11) is 0. The van der Waals surface area contributed by atoms with Gasteiger partial charge in [0.15, 0.2) is 0 Å². The summed E-state index contributed by atoms with van der Waals surface area (Å²) in [6.45, 7) is 0.368. The van der Waals surface area contributed by atoms with Gasteiger partial charge >= 0.3 is 0 Å². The first-order valence-corrected chi connectivity index (χ1v) is 12.2. The molecule has 2 N–H and O–H groups in total. The number of nitrogens with zero attached hydrogens (tertiary/aromatic N) is 1. The lowest BCUT2D eigenvalue weighted by atomic mass is 10.0. The van der Waals surface area contributed by atoms with Crippen LogP contribution in [-0.4, -0.2) is 18.0 Å². The third kappa shape index (κ3) is 7.78. The van der Waals surface area contributed by atoms with E-state index in [1.54, 1.807) is 30.5 Å². The van der Waals surface area contributed by atoms with E-state index < -0.39 is 6.04 Å². The van der Waals surface area contributed by atoms with E-state index in [1.807, 2.05) is 84.9 Å². The Kier molecular flexibility index (Phi) is 9.05. The molecular formula is C30H26ClN3O3. The second kappa shape index (κ2) is 13.0. The summed E-state index contributed by atoms with van der Waals surface area (Å²) < 4.78 is 5.79. The molecule has 0 fully saturated rings. The van der Waals surface area contributed by atoms with Crippen LogP contribution in [0.1, 0.15) is 39.5 Å². The molecular weight excluding hydrogens is 486 g/mol. The van der Waals surface area contributed by atoms with Crippen molar-refractivity contribution in [2.75, 3.05) is 0 Å². The van der Waals surface area contributed by atoms with Crippen LogP contribution in [-0.2, 0) is 11.4 Å². The van der Waals surface area contributed by atoms with Crippen molar-refractivity contribution in [3.8, 4) is 5.75 Å². The molecule has 0 aromatic heterocycles. The molecule has 4 rings (SSSR count). The molecule has 0 spiro atoms. The van der Waals surface area contributed by atoms with Gasteiger partial charge in [-0.2, -0.15) is 5.10 Å². The quantitative estimate of drug-likeness (QED) is 0.204. The van der Waals surface area contributed by atoms with Crippen molar-refractivity contribution < 1.29 is 14.3 Å². The number of hydrogen-bond donors (Lipinski definition) is 2. The summed E-state index contributed by atoms with van der Waals surface area (Å²) in [6, 6.07) is 32.6. The molecule has 6 nitrogen and oxygen atoms in total. The normalized spacial score (nSPS) is 11.6. The number of carbonyl (C=O) groups is 2. The molecule has 0 saturated carbocycles. The minimum absolute atomic E-state index is 0.0365. The SMILES string of the molecule is O=C(C[C@@H](NC(=O)c1ccccc1)c1ccccc1)N/N=C\c1ccc(OCc2ccccc2Cl)cc1. The number of benzene rings is 4. The Morgan fingerprint density at radius 3 is 2.19 bits per heavy atom. The first-order chi connectivity index (χ1) is 18.1. The number of rotatable bonds is 10. The molecule has 0 saturated heterocycles. The van der Waals surface area contributed by atoms with Crippen molar-refractivity contribution in [1.29, 1.82) is 0 Å². The van der Waals surface area contributed by atoms with Crippen LogP contribution < -0.4 is 15.5 Å². The van der Waals surface area contributed by atoms with Gasteiger partial charge in [0.05, 0.1) is 18.7 Å². The summed E-state index contributed by atoms with van der Waals surface area (Å²) in [5.41, 5.74) is 5.61. The van der Waals surface area contributed by atoms with Crippen LogP contribution in [0.5, 0.6) is 5.75 Å². The van der Waals surface area contributed by atoms with Gasteiger partial charge in [-0.05, 0) is 53.6 Å². The molecule has 37 heavy (non-hydrogen) atoms. The molecule has 4 aromatic carbocycles. The summed E-state index contributed by atoms with van der Waals surface area (Å²) in [5, 5.41) is 7.68. The van der Waals surface area contributed by atoms with Crippen LogP contribution in [0.3, 0.4) is 0 Å². The molecule has 0 heterocycles. The number of ether oxygens (including phenoxy) is 1. The average Bonchev–Trinajstić information content (AvgIpc) is 2.94. The zero-order valence-electron chi connectivity index (χ0n) is 20.0. The van der Waals surface area contributed by atoms with Crippen molar-refractivity contribution in [2.24, 2.45) is 5.10 Å². The predicted octanol–water partition coefficient (Wildman–Crippen LogP) is 5.93. The van der Waals surface area contributed by atoms with Gasteiger partial charge in [0.1, 0.15) is 12.4 Å². The zero-order chi connectivity index (χ0) is 25.9. The Morgan fingerprint density at radius 2 is 1.49 bits per heavy atom. The Balaban J connectivity index is 1.31.